The third-order valence-corrected chi connectivity index (χ3v) is 4.52. The van der Waals surface area contributed by atoms with Crippen molar-refractivity contribution in [2.45, 2.75) is 20.3 Å². The minimum absolute atomic E-state index is 0.171. The van der Waals surface area contributed by atoms with E-state index in [4.69, 9.17) is 5.26 Å². The Morgan fingerprint density at radius 2 is 2.13 bits per heavy atom. The zero-order valence-corrected chi connectivity index (χ0v) is 13.6. The Bertz CT molecular complexity index is 864. The molecule has 1 N–H and O–H groups in total. The molecule has 0 aliphatic heterocycles. The first-order valence-corrected chi connectivity index (χ1v) is 8.53. The summed E-state index contributed by atoms with van der Waals surface area (Å²) in [6, 6.07) is 8.76. The number of rotatable bonds is 5. The monoisotopic (exact) mass is 332 g/mol. The number of hydrogen-bond acceptors (Lipinski definition) is 5. The lowest BCUT2D eigenvalue weighted by molar-refractivity contribution is 0.0981. The second kappa shape index (κ2) is 6.62. The molecular formula is C15H16N4O3S. The first kappa shape index (κ1) is 16.7. The fraction of sp³-hybridized carbons (Fsp3) is 0.267. The van der Waals surface area contributed by atoms with Gasteiger partial charge in [-0.25, -0.2) is 18.1 Å². The van der Waals surface area contributed by atoms with Gasteiger partial charge >= 0.3 is 0 Å². The van der Waals surface area contributed by atoms with Crippen molar-refractivity contribution in [3.8, 4) is 11.9 Å². The molecule has 0 atom stereocenters. The van der Waals surface area contributed by atoms with Gasteiger partial charge in [0, 0.05) is 17.6 Å². The molecule has 0 unspecified atom stereocenters. The highest BCUT2D eigenvalue weighted by Gasteiger charge is 2.21. The highest BCUT2D eigenvalue weighted by atomic mass is 32.2. The largest absolute Gasteiger partial charge is 0.302 e. The third-order valence-electron chi connectivity index (χ3n) is 3.28. The molecule has 8 heteroatoms. The molecule has 2 heterocycles. The molecule has 0 bridgehead atoms. The zero-order chi connectivity index (χ0) is 17.0. The maximum Gasteiger partial charge on any atom is 0.266 e. The molecule has 2 aromatic heterocycles. The van der Waals surface area contributed by atoms with Crippen LogP contribution in [0.25, 0.3) is 5.82 Å². The minimum Gasteiger partial charge on any atom is -0.302 e. The Balaban J connectivity index is 2.32. The normalized spacial score (nSPS) is 11.0. The van der Waals surface area contributed by atoms with Gasteiger partial charge in [0.2, 0.25) is 10.0 Å². The molecule has 0 aromatic carbocycles. The van der Waals surface area contributed by atoms with Crippen molar-refractivity contribution in [2.75, 3.05) is 5.75 Å². The molecule has 0 saturated carbocycles. The summed E-state index contributed by atoms with van der Waals surface area (Å²) in [4.78, 5) is 16.5. The Morgan fingerprint density at radius 3 is 2.74 bits per heavy atom. The molecular weight excluding hydrogens is 316 g/mol. The van der Waals surface area contributed by atoms with E-state index in [0.717, 1.165) is 5.69 Å². The van der Waals surface area contributed by atoms with E-state index in [-0.39, 0.29) is 12.0 Å². The van der Waals surface area contributed by atoms with Crippen LogP contribution in [0, 0.1) is 25.2 Å². The van der Waals surface area contributed by atoms with Gasteiger partial charge in [0.1, 0.15) is 5.82 Å². The smallest absolute Gasteiger partial charge is 0.266 e. The quantitative estimate of drug-likeness (QED) is 0.892. The van der Waals surface area contributed by atoms with Crippen LogP contribution < -0.4 is 4.72 Å². The number of nitriles is 1. The van der Waals surface area contributed by atoms with Gasteiger partial charge in [-0.1, -0.05) is 6.07 Å². The van der Waals surface area contributed by atoms with Crippen molar-refractivity contribution in [1.82, 2.24) is 14.3 Å². The van der Waals surface area contributed by atoms with Crippen molar-refractivity contribution >= 4 is 15.9 Å². The summed E-state index contributed by atoms with van der Waals surface area (Å²) >= 11 is 0. The van der Waals surface area contributed by atoms with Gasteiger partial charge in [0.25, 0.3) is 5.91 Å². The lowest BCUT2D eigenvalue weighted by Gasteiger charge is -2.09. The number of pyridine rings is 1. The predicted molar refractivity (Wildman–Crippen MR) is 84.5 cm³/mol. The van der Waals surface area contributed by atoms with Crippen LogP contribution in [0.15, 0.2) is 30.5 Å². The van der Waals surface area contributed by atoms with Gasteiger partial charge < -0.3 is 4.57 Å². The van der Waals surface area contributed by atoms with Crippen LogP contribution in [0.3, 0.4) is 0 Å². The van der Waals surface area contributed by atoms with E-state index in [9.17, 15) is 13.2 Å². The second-order valence-corrected chi connectivity index (χ2v) is 6.81. The van der Waals surface area contributed by atoms with Crippen molar-refractivity contribution in [2.24, 2.45) is 0 Å². The van der Waals surface area contributed by atoms with Gasteiger partial charge in [-0.2, -0.15) is 5.26 Å². The van der Waals surface area contributed by atoms with Crippen LogP contribution in [0.1, 0.15) is 28.2 Å². The summed E-state index contributed by atoms with van der Waals surface area (Å²) in [7, 11) is -3.82. The molecule has 2 rings (SSSR count). The van der Waals surface area contributed by atoms with Crippen LogP contribution in [0.5, 0.6) is 0 Å². The number of aryl methyl sites for hydroxylation is 1. The standard InChI is InChI=1S/C15H16N4O3S/c1-11-10-13(15(20)18-23(21,22)9-5-7-16)12(2)19(11)14-6-3-4-8-17-14/h3-4,6,8,10H,5,9H2,1-2H3,(H,18,20). The van der Waals surface area contributed by atoms with Crippen LogP contribution in [0.2, 0.25) is 0 Å². The fourth-order valence-electron chi connectivity index (χ4n) is 2.26. The number of aromatic nitrogens is 2. The van der Waals surface area contributed by atoms with Crippen molar-refractivity contribution in [1.29, 1.82) is 5.26 Å². The summed E-state index contributed by atoms with van der Waals surface area (Å²) < 4.78 is 27.3. The highest BCUT2D eigenvalue weighted by Crippen LogP contribution is 2.19. The van der Waals surface area contributed by atoms with Crippen LogP contribution in [-0.2, 0) is 10.0 Å². The van der Waals surface area contributed by atoms with Gasteiger partial charge in [0.05, 0.1) is 23.8 Å². The molecule has 0 spiro atoms. The number of sulfonamides is 1. The van der Waals surface area contributed by atoms with Crippen molar-refractivity contribution in [3.05, 3.63) is 47.4 Å². The Hall–Kier alpha value is -2.66. The van der Waals surface area contributed by atoms with Gasteiger partial charge in [-0.3, -0.25) is 4.79 Å². The molecule has 0 saturated heterocycles. The van der Waals surface area contributed by atoms with E-state index in [1.54, 1.807) is 42.0 Å². The molecule has 0 aliphatic carbocycles. The highest BCUT2D eigenvalue weighted by molar-refractivity contribution is 7.90. The van der Waals surface area contributed by atoms with Gasteiger partial charge in [-0.05, 0) is 32.0 Å². The summed E-state index contributed by atoms with van der Waals surface area (Å²) in [6.07, 6.45) is 1.47. The number of carbonyl (C=O) groups excluding carboxylic acids is 1. The molecule has 2 aromatic rings. The van der Waals surface area contributed by atoms with Crippen LogP contribution in [-0.4, -0.2) is 29.6 Å². The molecule has 120 valence electrons. The molecule has 0 fully saturated rings. The maximum atomic E-state index is 12.2. The summed E-state index contributed by atoms with van der Waals surface area (Å²) in [5.41, 5.74) is 1.61. The maximum absolute atomic E-state index is 12.2. The van der Waals surface area contributed by atoms with Crippen molar-refractivity contribution < 1.29 is 13.2 Å². The second-order valence-electron chi connectivity index (χ2n) is 4.97. The number of nitrogens with zero attached hydrogens (tertiary/aromatic N) is 3. The van der Waals surface area contributed by atoms with E-state index < -0.39 is 21.7 Å². The van der Waals surface area contributed by atoms with E-state index in [0.29, 0.717) is 11.5 Å². The third kappa shape index (κ3) is 3.76. The number of nitrogens with one attached hydrogen (secondary N) is 1. The number of amides is 1. The zero-order valence-electron chi connectivity index (χ0n) is 12.8. The van der Waals surface area contributed by atoms with Crippen LogP contribution in [0.4, 0.5) is 0 Å². The molecule has 0 radical (unpaired) electrons. The first-order valence-electron chi connectivity index (χ1n) is 6.88. The van der Waals surface area contributed by atoms with Crippen molar-refractivity contribution in [3.63, 3.8) is 0 Å². The first-order chi connectivity index (χ1) is 10.9. The number of hydrogen-bond donors (Lipinski definition) is 1. The van der Waals surface area contributed by atoms with Crippen LogP contribution >= 0.6 is 0 Å². The average molecular weight is 332 g/mol. The van der Waals surface area contributed by atoms with E-state index in [1.165, 1.54) is 0 Å². The lowest BCUT2D eigenvalue weighted by atomic mass is 10.2. The molecule has 1 amide bonds. The molecule has 7 nitrogen and oxygen atoms in total. The predicted octanol–water partition coefficient (Wildman–Crippen LogP) is 1.46. The number of carbonyl (C=O) groups is 1. The Morgan fingerprint density at radius 1 is 1.39 bits per heavy atom. The fourth-order valence-corrected chi connectivity index (χ4v) is 3.11. The summed E-state index contributed by atoms with van der Waals surface area (Å²) in [5.74, 6) is -0.471. The SMILES string of the molecule is Cc1cc(C(=O)NS(=O)(=O)CCC#N)c(C)n1-c1ccccn1. The molecule has 0 aliphatic rings. The van der Waals surface area contributed by atoms with E-state index >= 15 is 0 Å². The minimum atomic E-state index is -3.82. The Labute approximate surface area is 134 Å². The van der Waals surface area contributed by atoms with E-state index in [2.05, 4.69) is 4.98 Å². The summed E-state index contributed by atoms with van der Waals surface area (Å²) in [5, 5.41) is 8.45. The topological polar surface area (TPSA) is 105 Å². The van der Waals surface area contributed by atoms with Gasteiger partial charge in [-0.15, -0.1) is 0 Å². The average Bonchev–Trinajstić information content (AvgIpc) is 2.81. The van der Waals surface area contributed by atoms with Gasteiger partial charge in [0.15, 0.2) is 0 Å². The molecule has 23 heavy (non-hydrogen) atoms. The summed E-state index contributed by atoms with van der Waals surface area (Å²) in [6.45, 7) is 3.53. The van der Waals surface area contributed by atoms with E-state index in [1.807, 2.05) is 17.7 Å². The Kier molecular flexibility index (Phi) is 4.81. The lowest BCUT2D eigenvalue weighted by Crippen LogP contribution is -2.32.